The van der Waals surface area contributed by atoms with Crippen LogP contribution in [0.25, 0.3) is 0 Å². The molecule has 3 amide bonds. The van der Waals surface area contributed by atoms with Gasteiger partial charge < -0.3 is 30.5 Å². The van der Waals surface area contributed by atoms with Crippen LogP contribution in [0.1, 0.15) is 12.8 Å². The van der Waals surface area contributed by atoms with Gasteiger partial charge in [-0.15, -0.1) is 0 Å². The molecule has 1 saturated heterocycles. The molecule has 0 aromatic heterocycles. The summed E-state index contributed by atoms with van der Waals surface area (Å²) in [6, 6.07) is 2.37. The lowest BCUT2D eigenvalue weighted by atomic mass is 10.1. The van der Waals surface area contributed by atoms with Gasteiger partial charge in [0.2, 0.25) is 5.91 Å². The van der Waals surface area contributed by atoms with Gasteiger partial charge in [-0.25, -0.2) is 9.18 Å². The van der Waals surface area contributed by atoms with E-state index in [1.807, 2.05) is 0 Å². The molecule has 0 saturated carbocycles. The first-order valence-corrected chi connectivity index (χ1v) is 7.57. The molecule has 2 aliphatic heterocycles. The van der Waals surface area contributed by atoms with Gasteiger partial charge in [-0.3, -0.25) is 9.59 Å². The summed E-state index contributed by atoms with van der Waals surface area (Å²) in [6.07, 6.45) is -2.38. The van der Waals surface area contributed by atoms with Gasteiger partial charge in [-0.1, -0.05) is 0 Å². The molecule has 4 N–H and O–H groups in total. The number of amides is 3. The first-order chi connectivity index (χ1) is 11.8. The second-order valence-corrected chi connectivity index (χ2v) is 5.81. The molecule has 25 heavy (non-hydrogen) atoms. The summed E-state index contributed by atoms with van der Waals surface area (Å²) >= 11 is 0. The SMILES string of the molecule is NC(=O)CC[C@H]1Oc2cc(F)c(OC3CN(C(=O)O)C3)cc2NC1=O. The van der Waals surface area contributed by atoms with E-state index in [1.165, 1.54) is 6.07 Å². The maximum absolute atomic E-state index is 14.2. The monoisotopic (exact) mass is 353 g/mol. The minimum atomic E-state index is -1.06. The van der Waals surface area contributed by atoms with Gasteiger partial charge in [0.05, 0.1) is 18.8 Å². The molecule has 0 unspecified atom stereocenters. The Morgan fingerprint density at radius 1 is 1.44 bits per heavy atom. The van der Waals surface area contributed by atoms with Crippen molar-refractivity contribution >= 4 is 23.6 Å². The number of primary amides is 1. The third kappa shape index (κ3) is 3.57. The van der Waals surface area contributed by atoms with Crippen LogP contribution >= 0.6 is 0 Å². The van der Waals surface area contributed by atoms with Gasteiger partial charge in [-0.2, -0.15) is 0 Å². The van der Waals surface area contributed by atoms with Crippen LogP contribution in [0, 0.1) is 5.82 Å². The highest BCUT2D eigenvalue weighted by Crippen LogP contribution is 2.36. The van der Waals surface area contributed by atoms with Crippen LogP contribution in [0.5, 0.6) is 11.5 Å². The Balaban J connectivity index is 1.68. The standard InChI is InChI=1S/C15H16FN3O6/c16-8-3-12-9(18-14(21)10(25-12)1-2-13(17)20)4-11(8)24-7-5-19(6-7)15(22)23/h3-4,7,10H,1-2,5-6H2,(H2,17,20)(H,18,21)(H,22,23)/t10-/m1/s1. The second-order valence-electron chi connectivity index (χ2n) is 5.81. The Labute approximate surface area is 141 Å². The molecule has 0 radical (unpaired) electrons. The molecule has 9 nitrogen and oxygen atoms in total. The van der Waals surface area contributed by atoms with E-state index in [9.17, 15) is 18.8 Å². The van der Waals surface area contributed by atoms with Crippen LogP contribution in [0.2, 0.25) is 0 Å². The highest BCUT2D eigenvalue weighted by atomic mass is 19.1. The Morgan fingerprint density at radius 3 is 2.80 bits per heavy atom. The van der Waals surface area contributed by atoms with Crippen LogP contribution in [0.4, 0.5) is 14.9 Å². The zero-order chi connectivity index (χ0) is 18.1. The lowest BCUT2D eigenvalue weighted by molar-refractivity contribution is -0.124. The van der Waals surface area contributed by atoms with Crippen molar-refractivity contribution in [3.05, 3.63) is 17.9 Å². The summed E-state index contributed by atoms with van der Waals surface area (Å²) in [5, 5.41) is 11.3. The van der Waals surface area contributed by atoms with Crippen LogP contribution < -0.4 is 20.5 Å². The molecule has 0 aliphatic carbocycles. The van der Waals surface area contributed by atoms with Crippen molar-refractivity contribution in [1.82, 2.24) is 4.90 Å². The molecule has 134 valence electrons. The number of hydrogen-bond donors (Lipinski definition) is 3. The van der Waals surface area contributed by atoms with Crippen molar-refractivity contribution in [3.8, 4) is 11.5 Å². The molecule has 1 atom stereocenters. The fourth-order valence-corrected chi connectivity index (χ4v) is 2.55. The molecule has 0 spiro atoms. The van der Waals surface area contributed by atoms with Crippen molar-refractivity contribution in [2.45, 2.75) is 25.0 Å². The number of nitrogens with one attached hydrogen (secondary N) is 1. The molecule has 3 rings (SSSR count). The Hall–Kier alpha value is -3.04. The molecular weight excluding hydrogens is 337 g/mol. The molecule has 1 aromatic carbocycles. The van der Waals surface area contributed by atoms with Crippen LogP contribution in [0.15, 0.2) is 12.1 Å². The van der Waals surface area contributed by atoms with Crippen molar-refractivity contribution in [1.29, 1.82) is 0 Å². The van der Waals surface area contributed by atoms with Gasteiger partial charge in [0.25, 0.3) is 5.91 Å². The average molecular weight is 353 g/mol. The predicted octanol–water partition coefficient (Wildman–Crippen LogP) is 0.532. The van der Waals surface area contributed by atoms with E-state index in [2.05, 4.69) is 5.32 Å². The van der Waals surface area contributed by atoms with E-state index in [1.54, 1.807) is 0 Å². The van der Waals surface area contributed by atoms with Crippen LogP contribution in [0.3, 0.4) is 0 Å². The van der Waals surface area contributed by atoms with Gasteiger partial charge in [-0.05, 0) is 0 Å². The average Bonchev–Trinajstić information content (AvgIpc) is 2.48. The van der Waals surface area contributed by atoms with E-state index >= 15 is 0 Å². The lowest BCUT2D eigenvalue weighted by Gasteiger charge is -2.37. The first-order valence-electron chi connectivity index (χ1n) is 7.57. The van der Waals surface area contributed by atoms with Crippen molar-refractivity contribution < 1.29 is 33.4 Å². The number of nitrogens with zero attached hydrogens (tertiary/aromatic N) is 1. The Kier molecular flexibility index (Phi) is 4.34. The fourth-order valence-electron chi connectivity index (χ4n) is 2.55. The summed E-state index contributed by atoms with van der Waals surface area (Å²) in [4.78, 5) is 34.6. The van der Waals surface area contributed by atoms with E-state index < -0.39 is 35.9 Å². The van der Waals surface area contributed by atoms with Crippen LogP contribution in [-0.4, -0.2) is 53.2 Å². The highest BCUT2D eigenvalue weighted by molar-refractivity contribution is 5.98. The summed E-state index contributed by atoms with van der Waals surface area (Å²) in [5.74, 6) is -1.70. The number of anilines is 1. The third-order valence-corrected chi connectivity index (χ3v) is 3.92. The van der Waals surface area contributed by atoms with E-state index in [0.29, 0.717) is 0 Å². The lowest BCUT2D eigenvalue weighted by Crippen LogP contribution is -2.55. The minimum Gasteiger partial charge on any atom is -0.484 e. The normalized spacial score (nSPS) is 19.3. The molecule has 1 aromatic rings. The van der Waals surface area contributed by atoms with Crippen molar-refractivity contribution in [3.63, 3.8) is 0 Å². The van der Waals surface area contributed by atoms with Crippen molar-refractivity contribution in [2.75, 3.05) is 18.4 Å². The number of fused-ring (bicyclic) bond motifs is 1. The number of halogens is 1. The number of carbonyl (C=O) groups excluding carboxylic acids is 2. The smallest absolute Gasteiger partial charge is 0.407 e. The van der Waals surface area contributed by atoms with Gasteiger partial charge in [0, 0.05) is 25.0 Å². The molecule has 2 heterocycles. The Morgan fingerprint density at radius 2 is 2.16 bits per heavy atom. The molecule has 2 aliphatic rings. The number of rotatable bonds is 5. The zero-order valence-corrected chi connectivity index (χ0v) is 13.0. The topological polar surface area (TPSA) is 131 Å². The highest BCUT2D eigenvalue weighted by Gasteiger charge is 2.34. The summed E-state index contributed by atoms with van der Waals surface area (Å²) in [7, 11) is 0. The van der Waals surface area contributed by atoms with E-state index in [0.717, 1.165) is 11.0 Å². The van der Waals surface area contributed by atoms with E-state index in [4.69, 9.17) is 20.3 Å². The minimum absolute atomic E-state index is 0.0289. The van der Waals surface area contributed by atoms with Crippen LogP contribution in [-0.2, 0) is 9.59 Å². The molecule has 1 fully saturated rings. The summed E-state index contributed by atoms with van der Waals surface area (Å²) < 4.78 is 25.0. The maximum atomic E-state index is 14.2. The number of benzene rings is 1. The first kappa shape index (κ1) is 16.8. The third-order valence-electron chi connectivity index (χ3n) is 3.92. The molecule has 10 heteroatoms. The number of carbonyl (C=O) groups is 3. The predicted molar refractivity (Wildman–Crippen MR) is 81.9 cm³/mol. The van der Waals surface area contributed by atoms with Gasteiger partial charge >= 0.3 is 6.09 Å². The summed E-state index contributed by atoms with van der Waals surface area (Å²) in [6.45, 7) is 0.286. The number of hydrogen-bond acceptors (Lipinski definition) is 5. The number of ether oxygens (including phenoxy) is 2. The quantitative estimate of drug-likeness (QED) is 0.708. The second kappa shape index (κ2) is 6.46. The number of likely N-dealkylation sites (tertiary alicyclic amines) is 1. The van der Waals surface area contributed by atoms with Gasteiger partial charge in [0.15, 0.2) is 17.7 Å². The number of carboxylic acid groups (broad SMARTS) is 1. The molecular formula is C15H16FN3O6. The van der Waals surface area contributed by atoms with Gasteiger partial charge in [0.1, 0.15) is 11.9 Å². The van der Waals surface area contributed by atoms with E-state index in [-0.39, 0.29) is 43.1 Å². The Bertz CT molecular complexity index is 734. The maximum Gasteiger partial charge on any atom is 0.407 e. The fraction of sp³-hybridized carbons (Fsp3) is 0.400. The summed E-state index contributed by atoms with van der Waals surface area (Å²) in [5.41, 5.74) is 5.29. The molecule has 0 bridgehead atoms. The number of nitrogens with two attached hydrogens (primary N) is 1. The largest absolute Gasteiger partial charge is 0.484 e. The van der Waals surface area contributed by atoms with Crippen molar-refractivity contribution in [2.24, 2.45) is 5.73 Å². The zero-order valence-electron chi connectivity index (χ0n) is 13.0.